The topological polar surface area (TPSA) is 50.4 Å². The summed E-state index contributed by atoms with van der Waals surface area (Å²) in [6.45, 7) is 4.19. The van der Waals surface area contributed by atoms with Crippen molar-refractivity contribution in [1.82, 2.24) is 5.32 Å². The molecule has 20 heavy (non-hydrogen) atoms. The standard InChI is InChI=1S/C17H21N3/c1-14(18)20-13-17-9-5-8-16(10-17)12-19-11-15-6-3-2-4-7-15/h2-10,19H,11-13H2,1H3,(H2,18,20). The average molecular weight is 267 g/mol. The number of nitrogens with two attached hydrogens (primary N) is 1. The van der Waals surface area contributed by atoms with E-state index >= 15 is 0 Å². The van der Waals surface area contributed by atoms with Crippen molar-refractivity contribution in [3.05, 3.63) is 71.3 Å². The highest BCUT2D eigenvalue weighted by molar-refractivity contribution is 5.77. The predicted octanol–water partition coefficient (Wildman–Crippen LogP) is 2.85. The Hall–Kier alpha value is -2.13. The molecule has 0 unspecified atom stereocenters. The van der Waals surface area contributed by atoms with Crippen molar-refractivity contribution >= 4 is 5.84 Å². The molecule has 0 saturated heterocycles. The lowest BCUT2D eigenvalue weighted by Gasteiger charge is -2.06. The Bertz CT molecular complexity index is 557. The molecule has 0 saturated carbocycles. The second-order valence-electron chi connectivity index (χ2n) is 4.87. The van der Waals surface area contributed by atoms with E-state index in [1.54, 1.807) is 0 Å². The molecule has 0 bridgehead atoms. The van der Waals surface area contributed by atoms with E-state index in [0.717, 1.165) is 13.1 Å². The number of nitrogens with one attached hydrogen (secondary N) is 1. The van der Waals surface area contributed by atoms with Crippen LogP contribution in [-0.2, 0) is 19.6 Å². The van der Waals surface area contributed by atoms with Crippen LogP contribution in [0.5, 0.6) is 0 Å². The van der Waals surface area contributed by atoms with Gasteiger partial charge in [0.2, 0.25) is 0 Å². The fourth-order valence-electron chi connectivity index (χ4n) is 2.00. The summed E-state index contributed by atoms with van der Waals surface area (Å²) in [5.74, 6) is 0.623. The lowest BCUT2D eigenvalue weighted by molar-refractivity contribution is 0.692. The van der Waals surface area contributed by atoms with Crippen molar-refractivity contribution < 1.29 is 0 Å². The van der Waals surface area contributed by atoms with Gasteiger partial charge in [-0.1, -0.05) is 54.6 Å². The molecule has 3 heteroatoms. The minimum atomic E-state index is 0.623. The van der Waals surface area contributed by atoms with Crippen LogP contribution in [-0.4, -0.2) is 5.84 Å². The maximum atomic E-state index is 5.56. The zero-order valence-electron chi connectivity index (χ0n) is 11.8. The van der Waals surface area contributed by atoms with Gasteiger partial charge in [0.15, 0.2) is 0 Å². The molecule has 2 aromatic rings. The summed E-state index contributed by atoms with van der Waals surface area (Å²) in [4.78, 5) is 4.24. The van der Waals surface area contributed by atoms with Crippen LogP contribution in [0.25, 0.3) is 0 Å². The van der Waals surface area contributed by atoms with Crippen LogP contribution >= 0.6 is 0 Å². The van der Waals surface area contributed by atoms with Gasteiger partial charge in [-0.2, -0.15) is 0 Å². The largest absolute Gasteiger partial charge is 0.388 e. The Morgan fingerprint density at radius 1 is 0.950 bits per heavy atom. The van der Waals surface area contributed by atoms with Gasteiger partial charge in [0.25, 0.3) is 0 Å². The van der Waals surface area contributed by atoms with Gasteiger partial charge in [-0.05, 0) is 23.6 Å². The molecule has 3 N–H and O–H groups in total. The number of hydrogen-bond acceptors (Lipinski definition) is 2. The number of amidine groups is 1. The molecule has 0 aromatic heterocycles. The second kappa shape index (κ2) is 7.46. The highest BCUT2D eigenvalue weighted by Gasteiger charge is 1.96. The van der Waals surface area contributed by atoms with Gasteiger partial charge >= 0.3 is 0 Å². The van der Waals surface area contributed by atoms with Crippen LogP contribution < -0.4 is 11.1 Å². The predicted molar refractivity (Wildman–Crippen MR) is 84.4 cm³/mol. The summed E-state index contributed by atoms with van der Waals surface area (Å²) >= 11 is 0. The van der Waals surface area contributed by atoms with E-state index in [9.17, 15) is 0 Å². The zero-order valence-corrected chi connectivity index (χ0v) is 11.8. The first-order chi connectivity index (χ1) is 9.74. The Morgan fingerprint density at radius 3 is 2.35 bits per heavy atom. The van der Waals surface area contributed by atoms with Crippen LogP contribution in [0.4, 0.5) is 0 Å². The van der Waals surface area contributed by atoms with Crippen LogP contribution in [0, 0.1) is 0 Å². The fourth-order valence-corrected chi connectivity index (χ4v) is 2.00. The third kappa shape index (κ3) is 4.86. The molecule has 3 nitrogen and oxygen atoms in total. The monoisotopic (exact) mass is 267 g/mol. The molecule has 0 heterocycles. The summed E-state index contributed by atoms with van der Waals surface area (Å²) < 4.78 is 0. The molecule has 0 aliphatic carbocycles. The van der Waals surface area contributed by atoms with Crippen LogP contribution in [0.2, 0.25) is 0 Å². The van der Waals surface area contributed by atoms with Crippen LogP contribution in [0.15, 0.2) is 59.6 Å². The third-order valence-corrected chi connectivity index (χ3v) is 3.00. The first-order valence-electron chi connectivity index (χ1n) is 6.83. The van der Waals surface area contributed by atoms with E-state index in [4.69, 9.17) is 5.73 Å². The molecule has 0 radical (unpaired) electrons. The van der Waals surface area contributed by atoms with E-state index in [2.05, 4.69) is 58.8 Å². The summed E-state index contributed by atoms with van der Waals surface area (Å²) in [6, 6.07) is 18.8. The van der Waals surface area contributed by atoms with Crippen LogP contribution in [0.3, 0.4) is 0 Å². The second-order valence-corrected chi connectivity index (χ2v) is 4.87. The lowest BCUT2D eigenvalue weighted by Crippen LogP contribution is -2.12. The number of aliphatic imine (C=N–C) groups is 1. The van der Waals surface area contributed by atoms with Crippen molar-refractivity contribution in [2.45, 2.75) is 26.6 Å². The van der Waals surface area contributed by atoms with E-state index in [1.165, 1.54) is 16.7 Å². The molecular weight excluding hydrogens is 246 g/mol. The highest BCUT2D eigenvalue weighted by atomic mass is 14.8. The maximum Gasteiger partial charge on any atom is 0.0909 e. The Labute approximate surface area is 120 Å². The van der Waals surface area contributed by atoms with Gasteiger partial charge in [-0.3, -0.25) is 4.99 Å². The van der Waals surface area contributed by atoms with Gasteiger partial charge in [-0.15, -0.1) is 0 Å². The summed E-state index contributed by atoms with van der Waals surface area (Å²) in [5.41, 5.74) is 9.31. The van der Waals surface area contributed by atoms with E-state index < -0.39 is 0 Å². The zero-order chi connectivity index (χ0) is 14.2. The number of rotatable bonds is 6. The summed E-state index contributed by atoms with van der Waals surface area (Å²) in [6.07, 6.45) is 0. The molecule has 0 spiro atoms. The van der Waals surface area contributed by atoms with Crippen LogP contribution in [0.1, 0.15) is 23.6 Å². The van der Waals surface area contributed by atoms with Crippen molar-refractivity contribution in [1.29, 1.82) is 0 Å². The number of nitrogens with zero attached hydrogens (tertiary/aromatic N) is 1. The Kier molecular flexibility index (Phi) is 5.33. The first-order valence-corrected chi connectivity index (χ1v) is 6.83. The van der Waals surface area contributed by atoms with Crippen molar-refractivity contribution in [2.24, 2.45) is 10.7 Å². The molecular formula is C17H21N3. The molecule has 0 aliphatic heterocycles. The molecule has 2 rings (SSSR count). The first kappa shape index (κ1) is 14.3. The molecule has 0 amide bonds. The normalized spacial score (nSPS) is 11.6. The van der Waals surface area contributed by atoms with Crippen molar-refractivity contribution in [3.63, 3.8) is 0 Å². The van der Waals surface area contributed by atoms with E-state index in [1.807, 2.05) is 13.0 Å². The Balaban J connectivity index is 1.87. The molecule has 104 valence electrons. The van der Waals surface area contributed by atoms with Gasteiger partial charge < -0.3 is 11.1 Å². The van der Waals surface area contributed by atoms with E-state index in [0.29, 0.717) is 12.4 Å². The minimum Gasteiger partial charge on any atom is -0.388 e. The average Bonchev–Trinajstić information content (AvgIpc) is 2.47. The SMILES string of the molecule is CC(N)=NCc1cccc(CNCc2ccccc2)c1. The van der Waals surface area contributed by atoms with Gasteiger partial charge in [0.1, 0.15) is 0 Å². The minimum absolute atomic E-state index is 0.623. The number of benzene rings is 2. The lowest BCUT2D eigenvalue weighted by atomic mass is 10.1. The summed E-state index contributed by atoms with van der Waals surface area (Å²) in [5, 5.41) is 3.45. The van der Waals surface area contributed by atoms with Gasteiger partial charge in [0, 0.05) is 13.1 Å². The maximum absolute atomic E-state index is 5.56. The molecule has 0 aliphatic rings. The number of hydrogen-bond donors (Lipinski definition) is 2. The third-order valence-electron chi connectivity index (χ3n) is 3.00. The van der Waals surface area contributed by atoms with Gasteiger partial charge in [-0.25, -0.2) is 0 Å². The summed E-state index contributed by atoms with van der Waals surface area (Å²) in [7, 11) is 0. The molecule has 0 fully saturated rings. The molecule has 0 atom stereocenters. The van der Waals surface area contributed by atoms with Gasteiger partial charge in [0.05, 0.1) is 12.4 Å². The Morgan fingerprint density at radius 2 is 1.60 bits per heavy atom. The smallest absolute Gasteiger partial charge is 0.0909 e. The molecule has 2 aromatic carbocycles. The van der Waals surface area contributed by atoms with Crippen molar-refractivity contribution in [2.75, 3.05) is 0 Å². The van der Waals surface area contributed by atoms with E-state index in [-0.39, 0.29) is 0 Å². The highest BCUT2D eigenvalue weighted by Crippen LogP contribution is 2.07. The quantitative estimate of drug-likeness (QED) is 0.624. The van der Waals surface area contributed by atoms with Crippen molar-refractivity contribution in [3.8, 4) is 0 Å². The fraction of sp³-hybridized carbons (Fsp3) is 0.235.